The molecule has 1 amide bonds. The van der Waals surface area contributed by atoms with Gasteiger partial charge in [0.1, 0.15) is 0 Å². The first-order valence-electron chi connectivity index (χ1n) is 6.17. The van der Waals surface area contributed by atoms with E-state index in [1.165, 1.54) is 0 Å². The van der Waals surface area contributed by atoms with E-state index in [1.54, 1.807) is 18.2 Å². The van der Waals surface area contributed by atoms with Crippen LogP contribution in [0.1, 0.15) is 11.3 Å². The van der Waals surface area contributed by atoms with Gasteiger partial charge in [0.05, 0.1) is 11.9 Å². The van der Waals surface area contributed by atoms with Crippen molar-refractivity contribution < 1.29 is 9.21 Å². The number of rotatable bonds is 3. The first kappa shape index (κ1) is 12.3. The summed E-state index contributed by atoms with van der Waals surface area (Å²) in [4.78, 5) is 28.5. The first-order chi connectivity index (χ1) is 9.60. The molecule has 3 aromatic rings. The number of hydrogen-bond donors (Lipinski definition) is 3. The van der Waals surface area contributed by atoms with Crippen LogP contribution in [0.2, 0.25) is 0 Å². The highest BCUT2D eigenvalue weighted by Crippen LogP contribution is 2.16. The highest BCUT2D eigenvalue weighted by atomic mass is 16.4. The number of aromatic nitrogens is 2. The Bertz CT molecular complexity index is 825. The van der Waals surface area contributed by atoms with Crippen molar-refractivity contribution in [1.29, 1.82) is 0 Å². The van der Waals surface area contributed by atoms with E-state index in [1.807, 2.05) is 19.2 Å². The minimum atomic E-state index is -0.508. The molecule has 2 heterocycles. The Labute approximate surface area is 113 Å². The minimum absolute atomic E-state index is 0.116. The molecule has 0 aliphatic carbocycles. The van der Waals surface area contributed by atoms with E-state index in [0.717, 1.165) is 11.3 Å². The lowest BCUT2D eigenvalue weighted by atomic mass is 10.2. The summed E-state index contributed by atoms with van der Waals surface area (Å²) in [6.45, 7) is 1.94. The Hall–Kier alpha value is -2.76. The molecule has 0 atom stereocenters. The van der Waals surface area contributed by atoms with Gasteiger partial charge in [-0.1, -0.05) is 0 Å². The minimum Gasteiger partial charge on any atom is -0.408 e. The number of hydrogen-bond acceptors (Lipinski definition) is 3. The lowest BCUT2D eigenvalue weighted by molar-refractivity contribution is -0.115. The van der Waals surface area contributed by atoms with Crippen LogP contribution in [0.15, 0.2) is 39.7 Å². The second-order valence-electron chi connectivity index (χ2n) is 4.64. The van der Waals surface area contributed by atoms with Crippen molar-refractivity contribution in [1.82, 2.24) is 9.97 Å². The van der Waals surface area contributed by atoms with Crippen LogP contribution in [0.5, 0.6) is 0 Å². The fourth-order valence-electron chi connectivity index (χ4n) is 2.09. The molecule has 0 spiro atoms. The monoisotopic (exact) mass is 271 g/mol. The summed E-state index contributed by atoms with van der Waals surface area (Å²) in [5, 5.41) is 2.78. The molecular formula is C14H13N3O3. The average Bonchev–Trinajstić information content (AvgIpc) is 2.93. The van der Waals surface area contributed by atoms with Crippen LogP contribution in [-0.2, 0) is 11.2 Å². The van der Waals surface area contributed by atoms with E-state index in [4.69, 9.17) is 4.42 Å². The number of oxazole rings is 1. The molecule has 102 valence electrons. The Kier molecular flexibility index (Phi) is 2.90. The third-order valence-electron chi connectivity index (χ3n) is 2.95. The standard InChI is InChI=1S/C14H13N3O3/c1-8-4-9(7-15-8)5-13(18)16-10-2-3-12-11(6-10)17-14(19)20-12/h2-4,6-7,15H,5H2,1H3,(H,16,18)(H,17,19). The molecule has 0 bridgehead atoms. The molecule has 3 N–H and O–H groups in total. The molecule has 6 heteroatoms. The van der Waals surface area contributed by atoms with Gasteiger partial charge in [-0.05, 0) is 36.8 Å². The lowest BCUT2D eigenvalue weighted by Gasteiger charge is -2.03. The van der Waals surface area contributed by atoms with Crippen LogP contribution in [0.25, 0.3) is 11.1 Å². The summed E-state index contributed by atoms with van der Waals surface area (Å²) in [6, 6.07) is 6.93. The molecule has 0 aliphatic rings. The maximum atomic E-state index is 11.9. The molecule has 0 radical (unpaired) electrons. The van der Waals surface area contributed by atoms with Gasteiger partial charge in [-0.2, -0.15) is 0 Å². The van der Waals surface area contributed by atoms with Crippen molar-refractivity contribution >= 4 is 22.7 Å². The normalized spacial score (nSPS) is 10.8. The van der Waals surface area contributed by atoms with Gasteiger partial charge in [0.15, 0.2) is 5.58 Å². The predicted octanol–water partition coefficient (Wildman–Crippen LogP) is 1.94. The molecule has 6 nitrogen and oxygen atoms in total. The SMILES string of the molecule is Cc1cc(CC(=O)Nc2ccc3oc(=O)[nH]c3c2)c[nH]1. The third kappa shape index (κ3) is 2.49. The van der Waals surface area contributed by atoms with Gasteiger partial charge in [-0.15, -0.1) is 0 Å². The van der Waals surface area contributed by atoms with E-state index < -0.39 is 5.76 Å². The number of carbonyl (C=O) groups is 1. The zero-order valence-corrected chi connectivity index (χ0v) is 10.8. The number of fused-ring (bicyclic) bond motifs is 1. The van der Waals surface area contributed by atoms with E-state index >= 15 is 0 Å². The lowest BCUT2D eigenvalue weighted by Crippen LogP contribution is -2.13. The summed E-state index contributed by atoms with van der Waals surface area (Å²) in [6.07, 6.45) is 2.11. The summed E-state index contributed by atoms with van der Waals surface area (Å²) >= 11 is 0. The number of amides is 1. The Morgan fingerprint density at radius 2 is 2.20 bits per heavy atom. The van der Waals surface area contributed by atoms with Gasteiger partial charge in [-0.25, -0.2) is 4.79 Å². The van der Waals surface area contributed by atoms with Crippen molar-refractivity contribution in [2.45, 2.75) is 13.3 Å². The topological polar surface area (TPSA) is 90.9 Å². The first-order valence-corrected chi connectivity index (χ1v) is 6.17. The summed E-state index contributed by atoms with van der Waals surface area (Å²) < 4.78 is 4.90. The number of aromatic amines is 2. The van der Waals surface area contributed by atoms with Crippen LogP contribution in [-0.4, -0.2) is 15.9 Å². The van der Waals surface area contributed by atoms with E-state index in [2.05, 4.69) is 15.3 Å². The van der Waals surface area contributed by atoms with E-state index in [-0.39, 0.29) is 5.91 Å². The summed E-state index contributed by atoms with van der Waals surface area (Å²) in [7, 11) is 0. The molecule has 1 aromatic carbocycles. The van der Waals surface area contributed by atoms with Gasteiger partial charge in [0, 0.05) is 17.6 Å². The fraction of sp³-hybridized carbons (Fsp3) is 0.143. The van der Waals surface area contributed by atoms with Crippen LogP contribution in [0.4, 0.5) is 5.69 Å². The number of carbonyl (C=O) groups excluding carboxylic acids is 1. The second kappa shape index (κ2) is 4.73. The molecule has 20 heavy (non-hydrogen) atoms. The van der Waals surface area contributed by atoms with Gasteiger partial charge in [0.25, 0.3) is 0 Å². The molecule has 0 aliphatic heterocycles. The maximum Gasteiger partial charge on any atom is 0.417 e. The average molecular weight is 271 g/mol. The van der Waals surface area contributed by atoms with Crippen LogP contribution < -0.4 is 11.1 Å². The van der Waals surface area contributed by atoms with Gasteiger partial charge < -0.3 is 14.7 Å². The largest absolute Gasteiger partial charge is 0.417 e. The predicted molar refractivity (Wildman–Crippen MR) is 74.7 cm³/mol. The smallest absolute Gasteiger partial charge is 0.408 e. The van der Waals surface area contributed by atoms with Crippen molar-refractivity contribution in [2.24, 2.45) is 0 Å². The number of aryl methyl sites for hydroxylation is 1. The van der Waals surface area contributed by atoms with Crippen LogP contribution in [0, 0.1) is 6.92 Å². The summed E-state index contributed by atoms with van der Waals surface area (Å²) in [5.41, 5.74) is 3.59. The van der Waals surface area contributed by atoms with Gasteiger partial charge in [-0.3, -0.25) is 9.78 Å². The van der Waals surface area contributed by atoms with Gasteiger partial charge >= 0.3 is 5.76 Å². The van der Waals surface area contributed by atoms with Gasteiger partial charge in [0.2, 0.25) is 5.91 Å². The maximum absolute atomic E-state index is 11.9. The third-order valence-corrected chi connectivity index (χ3v) is 2.95. The molecule has 0 saturated heterocycles. The number of nitrogens with one attached hydrogen (secondary N) is 3. The van der Waals surface area contributed by atoms with Crippen molar-refractivity contribution in [3.63, 3.8) is 0 Å². The zero-order valence-electron chi connectivity index (χ0n) is 10.8. The van der Waals surface area contributed by atoms with Crippen molar-refractivity contribution in [2.75, 3.05) is 5.32 Å². The zero-order chi connectivity index (χ0) is 14.1. The van der Waals surface area contributed by atoms with Crippen molar-refractivity contribution in [3.8, 4) is 0 Å². The Morgan fingerprint density at radius 3 is 2.95 bits per heavy atom. The van der Waals surface area contributed by atoms with Crippen LogP contribution in [0.3, 0.4) is 0 Å². The quantitative estimate of drug-likeness (QED) is 0.679. The molecule has 0 fully saturated rings. The highest BCUT2D eigenvalue weighted by Gasteiger charge is 2.07. The molecule has 0 unspecified atom stereocenters. The van der Waals surface area contributed by atoms with Crippen molar-refractivity contribution in [3.05, 3.63) is 52.3 Å². The molecule has 2 aromatic heterocycles. The van der Waals surface area contributed by atoms with Crippen LogP contribution >= 0.6 is 0 Å². The highest BCUT2D eigenvalue weighted by molar-refractivity contribution is 5.94. The molecule has 3 rings (SSSR count). The summed E-state index contributed by atoms with van der Waals surface area (Å²) in [5.74, 6) is -0.625. The molecular weight excluding hydrogens is 258 g/mol. The fourth-order valence-corrected chi connectivity index (χ4v) is 2.09. The van der Waals surface area contributed by atoms with E-state index in [9.17, 15) is 9.59 Å². The molecule has 0 saturated carbocycles. The number of H-pyrrole nitrogens is 2. The number of anilines is 1. The van der Waals surface area contributed by atoms with E-state index in [0.29, 0.717) is 23.2 Å². The number of benzene rings is 1. The Balaban J connectivity index is 1.75. The Morgan fingerprint density at radius 1 is 1.35 bits per heavy atom. The second-order valence-corrected chi connectivity index (χ2v) is 4.64.